The predicted molar refractivity (Wildman–Crippen MR) is 94.4 cm³/mol. The van der Waals surface area contributed by atoms with Gasteiger partial charge in [-0.15, -0.1) is 12.4 Å². The van der Waals surface area contributed by atoms with E-state index < -0.39 is 0 Å². The molecule has 0 saturated carbocycles. The van der Waals surface area contributed by atoms with Gasteiger partial charge in [-0.25, -0.2) is 9.97 Å². The van der Waals surface area contributed by atoms with Crippen molar-refractivity contribution in [3.05, 3.63) is 54.6 Å². The Kier molecular flexibility index (Phi) is 5.69. The molecule has 0 bridgehead atoms. The summed E-state index contributed by atoms with van der Waals surface area (Å²) in [5.74, 6) is 1.61. The summed E-state index contributed by atoms with van der Waals surface area (Å²) in [5, 5.41) is 4.40. The molecule has 5 heteroatoms. The van der Waals surface area contributed by atoms with Crippen molar-refractivity contribution in [1.82, 2.24) is 9.97 Å². The molecule has 1 aromatic heterocycles. The molecule has 0 atom stereocenters. The van der Waals surface area contributed by atoms with E-state index in [1.165, 1.54) is 0 Å². The Morgan fingerprint density at radius 3 is 2.41 bits per heavy atom. The van der Waals surface area contributed by atoms with Gasteiger partial charge >= 0.3 is 0 Å². The number of anilines is 1. The van der Waals surface area contributed by atoms with Crippen LogP contribution in [0.25, 0.3) is 22.3 Å². The van der Waals surface area contributed by atoms with Crippen molar-refractivity contribution in [3.63, 3.8) is 0 Å². The Morgan fingerprint density at radius 2 is 1.64 bits per heavy atom. The Hall–Kier alpha value is -2.17. The van der Waals surface area contributed by atoms with Gasteiger partial charge in [0.15, 0.2) is 5.82 Å². The van der Waals surface area contributed by atoms with Crippen molar-refractivity contribution in [2.75, 3.05) is 18.4 Å². The second-order valence-corrected chi connectivity index (χ2v) is 4.85. The smallest absolute Gasteiger partial charge is 0.162 e. The zero-order valence-electron chi connectivity index (χ0n) is 12.2. The minimum atomic E-state index is 0. The number of nitrogens with one attached hydrogen (secondary N) is 1. The number of fused-ring (bicyclic) bond motifs is 1. The molecule has 0 fully saturated rings. The first kappa shape index (κ1) is 16.2. The Morgan fingerprint density at radius 1 is 0.909 bits per heavy atom. The number of nitrogens with two attached hydrogens (primary N) is 1. The van der Waals surface area contributed by atoms with Crippen LogP contribution in [0.15, 0.2) is 54.6 Å². The van der Waals surface area contributed by atoms with Crippen molar-refractivity contribution in [2.45, 2.75) is 6.42 Å². The van der Waals surface area contributed by atoms with Gasteiger partial charge in [0.05, 0.1) is 5.52 Å². The van der Waals surface area contributed by atoms with Gasteiger partial charge in [-0.3, -0.25) is 0 Å². The number of halogens is 1. The first-order valence-electron chi connectivity index (χ1n) is 7.14. The van der Waals surface area contributed by atoms with Crippen LogP contribution in [0, 0.1) is 0 Å². The summed E-state index contributed by atoms with van der Waals surface area (Å²) in [6.07, 6.45) is 0.916. The Balaban J connectivity index is 0.00000176. The van der Waals surface area contributed by atoms with Crippen molar-refractivity contribution >= 4 is 29.1 Å². The van der Waals surface area contributed by atoms with Crippen LogP contribution in [-0.2, 0) is 0 Å². The largest absolute Gasteiger partial charge is 0.369 e. The number of para-hydroxylation sites is 1. The van der Waals surface area contributed by atoms with Gasteiger partial charge in [-0.2, -0.15) is 0 Å². The third-order valence-corrected chi connectivity index (χ3v) is 3.31. The fourth-order valence-corrected chi connectivity index (χ4v) is 2.24. The van der Waals surface area contributed by atoms with E-state index in [-0.39, 0.29) is 12.4 Å². The summed E-state index contributed by atoms with van der Waals surface area (Å²) in [5.41, 5.74) is 7.52. The molecule has 3 aromatic rings. The molecule has 4 nitrogen and oxygen atoms in total. The van der Waals surface area contributed by atoms with E-state index in [0.29, 0.717) is 6.54 Å². The summed E-state index contributed by atoms with van der Waals surface area (Å²) in [7, 11) is 0. The van der Waals surface area contributed by atoms with E-state index in [9.17, 15) is 0 Å². The van der Waals surface area contributed by atoms with Crippen LogP contribution in [0.5, 0.6) is 0 Å². The van der Waals surface area contributed by atoms with Gasteiger partial charge in [-0.1, -0.05) is 42.5 Å². The zero-order chi connectivity index (χ0) is 14.5. The lowest BCUT2D eigenvalue weighted by Gasteiger charge is -2.10. The maximum atomic E-state index is 5.55. The Bertz CT molecular complexity index is 731. The molecular weight excluding hydrogens is 296 g/mol. The van der Waals surface area contributed by atoms with Crippen LogP contribution in [0.2, 0.25) is 0 Å². The SMILES string of the molecule is Cl.NCCCNc1nc(-c2ccccc2)nc2ccccc12. The lowest BCUT2D eigenvalue weighted by atomic mass is 10.2. The molecule has 0 aliphatic rings. The molecule has 0 spiro atoms. The fraction of sp³-hybridized carbons (Fsp3) is 0.176. The average molecular weight is 315 g/mol. The third kappa shape index (κ3) is 3.53. The fourth-order valence-electron chi connectivity index (χ4n) is 2.24. The lowest BCUT2D eigenvalue weighted by molar-refractivity contribution is 0.871. The van der Waals surface area contributed by atoms with Crippen molar-refractivity contribution < 1.29 is 0 Å². The molecular formula is C17H19ClN4. The van der Waals surface area contributed by atoms with Gasteiger partial charge in [0.25, 0.3) is 0 Å². The maximum Gasteiger partial charge on any atom is 0.162 e. The first-order chi connectivity index (χ1) is 10.4. The highest BCUT2D eigenvalue weighted by molar-refractivity contribution is 5.90. The van der Waals surface area contributed by atoms with Crippen molar-refractivity contribution in [2.24, 2.45) is 5.73 Å². The van der Waals surface area contributed by atoms with E-state index in [1.54, 1.807) is 0 Å². The molecule has 0 aliphatic carbocycles. The highest BCUT2D eigenvalue weighted by Crippen LogP contribution is 2.24. The molecule has 0 amide bonds. The van der Waals surface area contributed by atoms with E-state index in [0.717, 1.165) is 41.1 Å². The van der Waals surface area contributed by atoms with Crippen molar-refractivity contribution in [1.29, 1.82) is 0 Å². The first-order valence-corrected chi connectivity index (χ1v) is 7.14. The molecule has 3 rings (SSSR count). The molecule has 0 saturated heterocycles. The molecule has 0 aliphatic heterocycles. The normalized spacial score (nSPS) is 10.2. The molecule has 22 heavy (non-hydrogen) atoms. The topological polar surface area (TPSA) is 63.8 Å². The highest BCUT2D eigenvalue weighted by Gasteiger charge is 2.08. The van der Waals surface area contributed by atoms with Crippen LogP contribution in [0.4, 0.5) is 5.82 Å². The summed E-state index contributed by atoms with van der Waals surface area (Å²) in [6, 6.07) is 18.1. The third-order valence-electron chi connectivity index (χ3n) is 3.31. The number of rotatable bonds is 5. The van der Waals surface area contributed by atoms with Gasteiger partial charge in [0.1, 0.15) is 5.82 Å². The monoisotopic (exact) mass is 314 g/mol. The summed E-state index contributed by atoms with van der Waals surface area (Å²) in [4.78, 5) is 9.34. The van der Waals surface area contributed by atoms with Gasteiger partial charge in [0, 0.05) is 17.5 Å². The highest BCUT2D eigenvalue weighted by atomic mass is 35.5. The van der Waals surface area contributed by atoms with Crippen LogP contribution in [-0.4, -0.2) is 23.1 Å². The number of nitrogens with zero attached hydrogens (tertiary/aromatic N) is 2. The van der Waals surface area contributed by atoms with Gasteiger partial charge in [-0.05, 0) is 25.1 Å². The standard InChI is InChI=1S/C17H18N4.ClH/c18-11-6-12-19-17-14-9-4-5-10-15(14)20-16(21-17)13-7-2-1-3-8-13;/h1-5,7-10H,6,11-12,18H2,(H,19,20,21);1H. The lowest BCUT2D eigenvalue weighted by Crippen LogP contribution is -2.10. The van der Waals surface area contributed by atoms with Gasteiger partial charge < -0.3 is 11.1 Å². The minimum absolute atomic E-state index is 0. The predicted octanol–water partition coefficient (Wildman–Crippen LogP) is 3.48. The van der Waals surface area contributed by atoms with Crippen LogP contribution < -0.4 is 11.1 Å². The van der Waals surface area contributed by atoms with E-state index >= 15 is 0 Å². The summed E-state index contributed by atoms with van der Waals surface area (Å²) in [6.45, 7) is 1.48. The summed E-state index contributed by atoms with van der Waals surface area (Å²) < 4.78 is 0. The van der Waals surface area contributed by atoms with Crippen molar-refractivity contribution in [3.8, 4) is 11.4 Å². The van der Waals surface area contributed by atoms with Gasteiger partial charge in [0.2, 0.25) is 0 Å². The number of aromatic nitrogens is 2. The molecule has 2 aromatic carbocycles. The van der Waals surface area contributed by atoms with E-state index in [2.05, 4.69) is 15.3 Å². The zero-order valence-corrected chi connectivity index (χ0v) is 13.0. The molecule has 1 heterocycles. The minimum Gasteiger partial charge on any atom is -0.369 e. The van der Waals surface area contributed by atoms with Crippen LogP contribution >= 0.6 is 12.4 Å². The molecule has 3 N–H and O–H groups in total. The average Bonchev–Trinajstić information content (AvgIpc) is 2.55. The van der Waals surface area contributed by atoms with E-state index in [1.807, 2.05) is 54.6 Å². The Labute approximate surface area is 136 Å². The second-order valence-electron chi connectivity index (χ2n) is 4.85. The van der Waals surface area contributed by atoms with Crippen LogP contribution in [0.1, 0.15) is 6.42 Å². The van der Waals surface area contributed by atoms with E-state index in [4.69, 9.17) is 5.73 Å². The van der Waals surface area contributed by atoms with Crippen LogP contribution in [0.3, 0.4) is 0 Å². The second kappa shape index (κ2) is 7.73. The number of hydrogen-bond donors (Lipinski definition) is 2. The quantitative estimate of drug-likeness (QED) is 0.708. The summed E-state index contributed by atoms with van der Waals surface area (Å²) >= 11 is 0. The maximum absolute atomic E-state index is 5.55. The molecule has 0 unspecified atom stereocenters. The number of benzene rings is 2. The molecule has 0 radical (unpaired) electrons. The molecule has 114 valence electrons. The number of hydrogen-bond acceptors (Lipinski definition) is 4.